The number of ether oxygens (including phenoxy) is 1. The molecule has 1 N–H and O–H groups in total. The first-order valence-electron chi connectivity index (χ1n) is 5.85. The summed E-state index contributed by atoms with van der Waals surface area (Å²) in [7, 11) is 0. The van der Waals surface area contributed by atoms with Gasteiger partial charge in [-0.2, -0.15) is 0 Å². The number of hydrogen-bond donors (Lipinski definition) is 1. The van der Waals surface area contributed by atoms with E-state index in [0.717, 1.165) is 19.4 Å². The van der Waals surface area contributed by atoms with Crippen molar-refractivity contribution in [1.82, 2.24) is 5.32 Å². The molecule has 0 aliphatic rings. The van der Waals surface area contributed by atoms with E-state index in [9.17, 15) is 0 Å². The molecular weight excluding hydrogens is 351 g/mol. The Morgan fingerprint density at radius 3 is 1.89 bits per heavy atom. The van der Waals surface area contributed by atoms with Gasteiger partial charge in [0.25, 0.3) is 0 Å². The Hall–Kier alpha value is 0.430. The van der Waals surface area contributed by atoms with Crippen molar-refractivity contribution in [3.05, 3.63) is 25.1 Å². The molecule has 0 bridgehead atoms. The Morgan fingerprint density at radius 1 is 0.842 bits per heavy atom. The first kappa shape index (κ1) is 17.5. The van der Waals surface area contributed by atoms with Crippen molar-refractivity contribution in [1.29, 1.82) is 0 Å². The largest absolute Gasteiger partial charge is 0.489 e. The van der Waals surface area contributed by atoms with E-state index >= 15 is 0 Å². The molecular formula is C12H14Cl5NO. The number of nitrogens with one attached hydrogen (secondary N) is 1. The molecule has 7 heteroatoms. The lowest BCUT2D eigenvalue weighted by molar-refractivity contribution is 0.314. The summed E-state index contributed by atoms with van der Waals surface area (Å²) in [6.07, 6.45) is 2.27. The van der Waals surface area contributed by atoms with E-state index in [1.54, 1.807) is 0 Å². The molecule has 2 nitrogen and oxygen atoms in total. The minimum Gasteiger partial charge on any atom is -0.489 e. The zero-order valence-electron chi connectivity index (χ0n) is 10.3. The minimum absolute atomic E-state index is 0.131. The average molecular weight is 366 g/mol. The van der Waals surface area contributed by atoms with Crippen LogP contribution in [0.15, 0.2) is 0 Å². The summed E-state index contributed by atoms with van der Waals surface area (Å²) in [5, 5.41) is 4.01. The second-order valence-corrected chi connectivity index (χ2v) is 5.74. The zero-order chi connectivity index (χ0) is 14.4. The van der Waals surface area contributed by atoms with Gasteiger partial charge in [0.1, 0.15) is 16.7 Å². The third-order valence-corrected chi connectivity index (χ3v) is 4.64. The molecule has 0 saturated heterocycles. The maximum Gasteiger partial charge on any atom is 0.159 e. The van der Waals surface area contributed by atoms with Crippen LogP contribution in [-0.4, -0.2) is 19.7 Å². The maximum atomic E-state index is 6.03. The number of rotatable bonds is 7. The Labute approximate surface area is 138 Å². The van der Waals surface area contributed by atoms with E-state index in [4.69, 9.17) is 62.7 Å². The fourth-order valence-electron chi connectivity index (χ4n) is 1.36. The summed E-state index contributed by atoms with van der Waals surface area (Å²) in [6, 6.07) is 0. The monoisotopic (exact) mass is 363 g/mol. The first-order valence-corrected chi connectivity index (χ1v) is 7.74. The fraction of sp³-hybridized carbons (Fsp3) is 0.500. The van der Waals surface area contributed by atoms with E-state index in [1.807, 2.05) is 0 Å². The third kappa shape index (κ3) is 4.73. The molecule has 0 aliphatic carbocycles. The first-order chi connectivity index (χ1) is 9.00. The van der Waals surface area contributed by atoms with E-state index in [2.05, 4.69) is 12.2 Å². The van der Waals surface area contributed by atoms with Gasteiger partial charge in [-0.3, -0.25) is 0 Å². The number of unbranched alkanes of at least 4 members (excludes halogenated alkanes) is 1. The van der Waals surface area contributed by atoms with Gasteiger partial charge in [-0.15, -0.1) is 0 Å². The molecule has 0 aromatic heterocycles. The molecule has 0 heterocycles. The summed E-state index contributed by atoms with van der Waals surface area (Å²) >= 11 is 29.8. The molecule has 0 fully saturated rings. The standard InChI is InChI=1S/C12H14Cl5NO/c1-2-3-4-18-5-6-19-12-10(16)8(14)7(13)9(15)11(12)17/h18H,2-6H2,1H3. The van der Waals surface area contributed by atoms with Gasteiger partial charge >= 0.3 is 0 Å². The predicted molar refractivity (Wildman–Crippen MR) is 84.8 cm³/mol. The molecule has 0 atom stereocenters. The van der Waals surface area contributed by atoms with Crippen molar-refractivity contribution in [2.75, 3.05) is 19.7 Å². The van der Waals surface area contributed by atoms with Crippen molar-refractivity contribution >= 4 is 58.0 Å². The van der Waals surface area contributed by atoms with Gasteiger partial charge < -0.3 is 10.1 Å². The minimum atomic E-state index is 0.131. The van der Waals surface area contributed by atoms with Crippen molar-refractivity contribution in [2.24, 2.45) is 0 Å². The van der Waals surface area contributed by atoms with Crippen LogP contribution >= 0.6 is 58.0 Å². The molecule has 0 aliphatic heterocycles. The zero-order valence-corrected chi connectivity index (χ0v) is 14.1. The van der Waals surface area contributed by atoms with Gasteiger partial charge in [0, 0.05) is 6.54 Å². The van der Waals surface area contributed by atoms with Crippen molar-refractivity contribution in [2.45, 2.75) is 19.8 Å². The van der Waals surface area contributed by atoms with Gasteiger partial charge in [-0.1, -0.05) is 71.3 Å². The van der Waals surface area contributed by atoms with Gasteiger partial charge in [0.15, 0.2) is 5.75 Å². The molecule has 1 aromatic rings. The van der Waals surface area contributed by atoms with Gasteiger partial charge in [0.05, 0.1) is 15.1 Å². The molecule has 0 unspecified atom stereocenters. The van der Waals surface area contributed by atoms with Gasteiger partial charge in [-0.05, 0) is 13.0 Å². The third-order valence-electron chi connectivity index (χ3n) is 2.40. The van der Waals surface area contributed by atoms with Gasteiger partial charge in [0.2, 0.25) is 0 Å². The number of hydrogen-bond acceptors (Lipinski definition) is 2. The van der Waals surface area contributed by atoms with Crippen LogP contribution < -0.4 is 10.1 Å². The summed E-state index contributed by atoms with van der Waals surface area (Å²) in [5.74, 6) is 0.264. The van der Waals surface area contributed by atoms with Crippen LogP contribution in [-0.2, 0) is 0 Å². The van der Waals surface area contributed by atoms with Crippen LogP contribution in [0.2, 0.25) is 25.1 Å². The van der Waals surface area contributed by atoms with Crippen LogP contribution in [0.1, 0.15) is 19.8 Å². The Morgan fingerprint density at radius 2 is 1.37 bits per heavy atom. The van der Waals surface area contributed by atoms with E-state index < -0.39 is 0 Å². The lowest BCUT2D eigenvalue weighted by Crippen LogP contribution is -2.22. The highest BCUT2D eigenvalue weighted by atomic mass is 35.5. The highest BCUT2D eigenvalue weighted by Crippen LogP contribution is 2.48. The molecule has 0 radical (unpaired) electrons. The fourth-order valence-corrected chi connectivity index (χ4v) is 2.59. The van der Waals surface area contributed by atoms with E-state index in [-0.39, 0.29) is 30.9 Å². The molecule has 19 heavy (non-hydrogen) atoms. The Balaban J connectivity index is 2.64. The topological polar surface area (TPSA) is 21.3 Å². The molecule has 1 aromatic carbocycles. The van der Waals surface area contributed by atoms with Crippen LogP contribution in [0.3, 0.4) is 0 Å². The smallest absolute Gasteiger partial charge is 0.159 e. The molecule has 0 amide bonds. The summed E-state index contributed by atoms with van der Waals surface area (Å²) in [4.78, 5) is 0. The van der Waals surface area contributed by atoms with Crippen molar-refractivity contribution in [3.63, 3.8) is 0 Å². The van der Waals surface area contributed by atoms with E-state index in [1.165, 1.54) is 0 Å². The number of benzene rings is 1. The SMILES string of the molecule is CCCCNCCOc1c(Cl)c(Cl)c(Cl)c(Cl)c1Cl. The van der Waals surface area contributed by atoms with Crippen LogP contribution in [0, 0.1) is 0 Å². The van der Waals surface area contributed by atoms with Crippen LogP contribution in [0.5, 0.6) is 5.75 Å². The lowest BCUT2D eigenvalue weighted by atomic mass is 10.3. The highest BCUT2D eigenvalue weighted by molar-refractivity contribution is 6.55. The second-order valence-electron chi connectivity index (χ2n) is 3.85. The number of halogens is 5. The maximum absolute atomic E-state index is 6.03. The average Bonchev–Trinajstić information content (AvgIpc) is 2.41. The highest BCUT2D eigenvalue weighted by Gasteiger charge is 2.20. The quantitative estimate of drug-likeness (QED) is 0.379. The lowest BCUT2D eigenvalue weighted by Gasteiger charge is -2.13. The predicted octanol–water partition coefficient (Wildman–Crippen LogP) is 5.72. The summed E-state index contributed by atoms with van der Waals surface area (Å²) in [6.45, 7) is 4.18. The Kier molecular flexibility index (Phi) is 7.97. The Bertz CT molecular complexity index is 410. The van der Waals surface area contributed by atoms with Crippen LogP contribution in [0.25, 0.3) is 0 Å². The van der Waals surface area contributed by atoms with Crippen molar-refractivity contribution < 1.29 is 4.74 Å². The second kappa shape index (κ2) is 8.66. The molecule has 108 valence electrons. The molecule has 0 spiro atoms. The summed E-state index contributed by atoms with van der Waals surface area (Å²) < 4.78 is 5.51. The normalized spacial score (nSPS) is 10.8. The van der Waals surface area contributed by atoms with Gasteiger partial charge in [-0.25, -0.2) is 0 Å². The van der Waals surface area contributed by atoms with Crippen LogP contribution in [0.4, 0.5) is 0 Å². The van der Waals surface area contributed by atoms with E-state index in [0.29, 0.717) is 13.2 Å². The molecule has 1 rings (SSSR count). The van der Waals surface area contributed by atoms with Crippen molar-refractivity contribution in [3.8, 4) is 5.75 Å². The summed E-state index contributed by atoms with van der Waals surface area (Å²) in [5.41, 5.74) is 0. The molecule has 0 saturated carbocycles.